The molecule has 15 heteroatoms. The van der Waals surface area contributed by atoms with Gasteiger partial charge in [0.2, 0.25) is 0 Å². The number of ether oxygens (including phenoxy) is 2. The van der Waals surface area contributed by atoms with Gasteiger partial charge in [0.05, 0.1) is 24.0 Å². The van der Waals surface area contributed by atoms with Gasteiger partial charge in [-0.05, 0) is 119 Å². The molecule has 2 N–H and O–H groups in total. The van der Waals surface area contributed by atoms with Gasteiger partial charge >= 0.3 is 29.6 Å². The van der Waals surface area contributed by atoms with Crippen LogP contribution in [0.4, 0.5) is 22.7 Å². The number of ketones is 2. The van der Waals surface area contributed by atoms with Crippen molar-refractivity contribution in [2.45, 2.75) is 71.1 Å². The van der Waals surface area contributed by atoms with Crippen LogP contribution in [-0.4, -0.2) is 51.7 Å². The van der Waals surface area contributed by atoms with E-state index in [-0.39, 0.29) is 58.2 Å². The van der Waals surface area contributed by atoms with E-state index in [4.69, 9.17) is 9.47 Å². The van der Waals surface area contributed by atoms with Crippen LogP contribution in [0.25, 0.3) is 0 Å². The Morgan fingerprint density at radius 1 is 0.569 bits per heavy atom. The molecule has 0 bridgehead atoms. The zero-order valence-corrected chi connectivity index (χ0v) is 38.0. The van der Waals surface area contributed by atoms with Crippen molar-refractivity contribution in [3.8, 4) is 11.5 Å². The standard InChI is InChI=1S/C43H46N2O10S2.Na/c1-22-17-24(3)42(26(5)39(22)28(7)46)44-30-11-14-33(36(19-30)54-9)41(35-16-13-32(56(48,49)50)21-38(35)57(51,52)53)34-15-12-31(20-37(34)55-10)45-43-25(4)18-23(2)40(27(43)6)29(8)47;/h11-21,41,44-45H,1-10H3,(H,48,49,50)(H,51,52,53);/q;+1/p-2. The average molecular weight is 836 g/mol. The molecule has 5 aromatic rings. The van der Waals surface area contributed by atoms with E-state index in [1.807, 2.05) is 53.7 Å². The summed E-state index contributed by atoms with van der Waals surface area (Å²) < 4.78 is 86.4. The van der Waals surface area contributed by atoms with E-state index < -0.39 is 35.9 Å². The van der Waals surface area contributed by atoms with E-state index in [1.165, 1.54) is 28.1 Å². The molecule has 300 valence electrons. The van der Waals surface area contributed by atoms with Crippen molar-refractivity contribution < 1.29 is 74.6 Å². The molecule has 0 heterocycles. The molecule has 0 aromatic heterocycles. The molecule has 5 rings (SSSR count). The predicted octanol–water partition coefficient (Wildman–Crippen LogP) is 5.44. The van der Waals surface area contributed by atoms with Gasteiger partial charge in [-0.15, -0.1) is 0 Å². The molecule has 0 fully saturated rings. The normalized spacial score (nSPS) is 11.5. The molecule has 0 atom stereocenters. The number of anilines is 4. The van der Waals surface area contributed by atoms with E-state index in [2.05, 4.69) is 10.6 Å². The van der Waals surface area contributed by atoms with Gasteiger partial charge in [0, 0.05) is 63.1 Å². The average Bonchev–Trinajstić information content (AvgIpc) is 3.11. The van der Waals surface area contributed by atoms with E-state index in [9.17, 15) is 35.5 Å². The van der Waals surface area contributed by atoms with E-state index in [0.717, 1.165) is 45.5 Å². The number of aryl methyl sites for hydroxylation is 4. The van der Waals surface area contributed by atoms with Gasteiger partial charge in [-0.25, -0.2) is 16.8 Å². The fourth-order valence-electron chi connectivity index (χ4n) is 7.81. The second kappa shape index (κ2) is 17.8. The third-order valence-corrected chi connectivity index (χ3v) is 11.9. The van der Waals surface area contributed by atoms with Crippen LogP contribution in [0.3, 0.4) is 0 Å². The number of methoxy groups -OCH3 is 2. The van der Waals surface area contributed by atoms with Crippen LogP contribution in [0.15, 0.2) is 76.5 Å². The fraction of sp³-hybridized carbons (Fsp3) is 0.256. The number of carbonyl (C=O) groups is 2. The molecule has 0 aliphatic heterocycles. The Hall–Kier alpha value is -4.54. The summed E-state index contributed by atoms with van der Waals surface area (Å²) in [6.07, 6.45) is 0. The summed E-state index contributed by atoms with van der Waals surface area (Å²) in [5.41, 5.74) is 9.31. The molecule has 5 aromatic carbocycles. The summed E-state index contributed by atoms with van der Waals surface area (Å²) in [5.74, 6) is -0.797. The largest absolute Gasteiger partial charge is 1.00 e. The topological polar surface area (TPSA) is 191 Å². The first-order valence-corrected chi connectivity index (χ1v) is 20.6. The summed E-state index contributed by atoms with van der Waals surface area (Å²) in [6, 6.07) is 16.6. The number of hydrogen-bond donors (Lipinski definition) is 2. The van der Waals surface area contributed by atoms with Crippen LogP contribution in [0.1, 0.15) is 90.6 Å². The molecule has 0 saturated carbocycles. The number of carbonyl (C=O) groups excluding carboxylic acids is 2. The Kier molecular flexibility index (Phi) is 14.1. The van der Waals surface area contributed by atoms with Gasteiger partial charge in [-0.3, -0.25) is 9.59 Å². The zero-order chi connectivity index (χ0) is 42.3. The molecule has 0 saturated heterocycles. The van der Waals surface area contributed by atoms with E-state index >= 15 is 0 Å². The van der Waals surface area contributed by atoms with Crippen molar-refractivity contribution in [2.24, 2.45) is 0 Å². The zero-order valence-electron chi connectivity index (χ0n) is 34.3. The number of benzene rings is 5. The molecule has 0 spiro atoms. The Balaban J connectivity index is 0.00000744. The molecule has 58 heavy (non-hydrogen) atoms. The van der Waals surface area contributed by atoms with Gasteiger partial charge in [-0.2, -0.15) is 0 Å². The number of hydrogen-bond acceptors (Lipinski definition) is 12. The SMILES string of the molecule is COc1cc(Nc2c(C)cc(C)c(C(C)=O)c2C)ccc1C(c1ccc(Nc2c(C)cc(C)c(C(C)=O)c2C)cc1OC)c1ccc(S(=O)(=O)[O-])cc1S(=O)(=O)[O-].[Na+]. The maximum Gasteiger partial charge on any atom is 1.00 e. The second-order valence-electron chi connectivity index (χ2n) is 14.1. The first kappa shape index (κ1) is 46.2. The number of nitrogens with one attached hydrogen (secondary N) is 2. The van der Waals surface area contributed by atoms with Crippen molar-refractivity contribution in [1.29, 1.82) is 0 Å². The van der Waals surface area contributed by atoms with Crippen LogP contribution in [0, 0.1) is 41.5 Å². The second-order valence-corrected chi connectivity index (χ2v) is 16.8. The predicted molar refractivity (Wildman–Crippen MR) is 217 cm³/mol. The smallest absolute Gasteiger partial charge is 0.744 e. The minimum absolute atomic E-state index is 0. The Labute approximate surface area is 362 Å². The quantitative estimate of drug-likeness (QED) is 0.0662. The van der Waals surface area contributed by atoms with Gasteiger partial charge in [0.15, 0.2) is 11.6 Å². The number of rotatable bonds is 13. The van der Waals surface area contributed by atoms with Crippen molar-refractivity contribution in [3.63, 3.8) is 0 Å². The van der Waals surface area contributed by atoms with Gasteiger partial charge in [0.1, 0.15) is 31.7 Å². The Morgan fingerprint density at radius 3 is 1.31 bits per heavy atom. The van der Waals surface area contributed by atoms with Crippen LogP contribution in [0.5, 0.6) is 11.5 Å². The molecular formula is C43H44N2NaO10S2-. The molecule has 0 unspecified atom stereocenters. The fourth-order valence-corrected chi connectivity index (χ4v) is 9.13. The van der Waals surface area contributed by atoms with Gasteiger partial charge in [-0.1, -0.05) is 30.3 Å². The van der Waals surface area contributed by atoms with Crippen LogP contribution < -0.4 is 49.7 Å². The van der Waals surface area contributed by atoms with Crippen LogP contribution in [0.2, 0.25) is 0 Å². The van der Waals surface area contributed by atoms with Crippen molar-refractivity contribution >= 4 is 54.6 Å². The first-order chi connectivity index (χ1) is 26.6. The van der Waals surface area contributed by atoms with Crippen LogP contribution in [-0.2, 0) is 20.2 Å². The van der Waals surface area contributed by atoms with E-state index in [0.29, 0.717) is 51.1 Å². The summed E-state index contributed by atoms with van der Waals surface area (Å²) in [6.45, 7) is 14.3. The summed E-state index contributed by atoms with van der Waals surface area (Å²) in [5, 5.41) is 6.77. The first-order valence-electron chi connectivity index (χ1n) is 17.8. The summed E-state index contributed by atoms with van der Waals surface area (Å²) in [7, 11) is -7.70. The minimum Gasteiger partial charge on any atom is -0.744 e. The molecule has 12 nitrogen and oxygen atoms in total. The molecule has 0 radical (unpaired) electrons. The molecule has 0 aliphatic carbocycles. The van der Waals surface area contributed by atoms with Crippen molar-refractivity contribution in [2.75, 3.05) is 24.9 Å². The van der Waals surface area contributed by atoms with Crippen molar-refractivity contribution in [3.05, 3.63) is 128 Å². The monoisotopic (exact) mass is 835 g/mol. The van der Waals surface area contributed by atoms with E-state index in [1.54, 1.807) is 36.4 Å². The Bertz CT molecular complexity index is 2570. The van der Waals surface area contributed by atoms with Crippen molar-refractivity contribution in [1.82, 2.24) is 0 Å². The minimum atomic E-state index is -5.38. The summed E-state index contributed by atoms with van der Waals surface area (Å²) >= 11 is 0. The summed E-state index contributed by atoms with van der Waals surface area (Å²) in [4.78, 5) is 23.2. The molecule has 0 aliphatic rings. The third kappa shape index (κ3) is 9.34. The van der Waals surface area contributed by atoms with Gasteiger partial charge < -0.3 is 29.2 Å². The van der Waals surface area contributed by atoms with Gasteiger partial charge in [0.25, 0.3) is 0 Å². The molecule has 0 amide bonds. The maximum atomic E-state index is 12.9. The maximum absolute atomic E-state index is 12.9. The number of Topliss-reactive ketones (excluding diaryl/α,β-unsaturated/α-hetero) is 2. The third-order valence-electron chi connectivity index (χ3n) is 10.1. The molecular weight excluding hydrogens is 792 g/mol. The van der Waals surface area contributed by atoms with Crippen LogP contribution >= 0.6 is 0 Å². The Morgan fingerprint density at radius 2 is 0.966 bits per heavy atom.